The molecule has 0 unspecified atom stereocenters. The molecule has 0 aromatic heterocycles. The second kappa shape index (κ2) is 6.00. The first kappa shape index (κ1) is 10.5. The maximum absolute atomic E-state index is 8.55. The Bertz CT molecular complexity index is 250. The smallest absolute Gasteiger partial charge is 0.133 e. The maximum atomic E-state index is 8.55. The van der Waals surface area contributed by atoms with E-state index < -0.39 is 0 Å². The van der Waals surface area contributed by atoms with Crippen LogP contribution in [0.1, 0.15) is 12.8 Å². The highest BCUT2D eigenvalue weighted by Gasteiger charge is 1.97. The molecule has 1 aromatic rings. The van der Waals surface area contributed by atoms with E-state index in [2.05, 4.69) is 15.9 Å². The van der Waals surface area contributed by atoms with Crippen molar-refractivity contribution in [3.63, 3.8) is 0 Å². The van der Waals surface area contributed by atoms with E-state index in [0.29, 0.717) is 6.61 Å². The van der Waals surface area contributed by atoms with E-state index >= 15 is 0 Å². The van der Waals surface area contributed by atoms with Crippen LogP contribution in [0.4, 0.5) is 0 Å². The zero-order valence-electron chi connectivity index (χ0n) is 7.37. The molecule has 0 saturated heterocycles. The average Bonchev–Trinajstić information content (AvgIpc) is 2.15. The molecule has 2 nitrogen and oxygen atoms in total. The molecule has 0 aliphatic rings. The molecule has 3 heteroatoms. The molecule has 1 N–H and O–H groups in total. The Morgan fingerprint density at radius 1 is 1.23 bits per heavy atom. The minimum absolute atomic E-state index is 0.235. The molecule has 1 rings (SSSR count). The lowest BCUT2D eigenvalue weighted by Crippen LogP contribution is -1.98. The van der Waals surface area contributed by atoms with Crippen LogP contribution in [-0.2, 0) is 0 Å². The first-order chi connectivity index (χ1) is 6.34. The van der Waals surface area contributed by atoms with Crippen molar-refractivity contribution in [2.45, 2.75) is 12.8 Å². The predicted molar refractivity (Wildman–Crippen MR) is 56.0 cm³/mol. The summed E-state index contributed by atoms with van der Waals surface area (Å²) in [7, 11) is 0. The van der Waals surface area contributed by atoms with Crippen molar-refractivity contribution >= 4 is 15.9 Å². The van der Waals surface area contributed by atoms with Crippen molar-refractivity contribution < 1.29 is 9.84 Å². The van der Waals surface area contributed by atoms with E-state index in [1.165, 1.54) is 0 Å². The summed E-state index contributed by atoms with van der Waals surface area (Å²) in [5.74, 6) is 0.862. The molecule has 0 spiro atoms. The van der Waals surface area contributed by atoms with Crippen molar-refractivity contribution in [1.29, 1.82) is 0 Å². The monoisotopic (exact) mass is 244 g/mol. The first-order valence-corrected chi connectivity index (χ1v) is 5.12. The van der Waals surface area contributed by atoms with Crippen LogP contribution in [0.15, 0.2) is 28.7 Å². The van der Waals surface area contributed by atoms with Crippen LogP contribution in [0.2, 0.25) is 0 Å². The van der Waals surface area contributed by atoms with Crippen LogP contribution in [0.25, 0.3) is 0 Å². The number of ether oxygens (including phenoxy) is 1. The summed E-state index contributed by atoms with van der Waals surface area (Å²) < 4.78 is 6.45. The lowest BCUT2D eigenvalue weighted by molar-refractivity contribution is 0.252. The second-order valence-corrected chi connectivity index (χ2v) is 3.56. The molecule has 0 atom stereocenters. The van der Waals surface area contributed by atoms with E-state index in [-0.39, 0.29) is 6.61 Å². The zero-order chi connectivity index (χ0) is 9.52. The Morgan fingerprint density at radius 2 is 2.00 bits per heavy atom. The van der Waals surface area contributed by atoms with E-state index in [1.54, 1.807) is 0 Å². The van der Waals surface area contributed by atoms with E-state index in [9.17, 15) is 0 Å². The van der Waals surface area contributed by atoms with Gasteiger partial charge in [0.1, 0.15) is 5.75 Å². The highest BCUT2D eigenvalue weighted by atomic mass is 79.9. The highest BCUT2D eigenvalue weighted by Crippen LogP contribution is 2.23. The Kier molecular flexibility index (Phi) is 4.86. The Labute approximate surface area is 86.7 Å². The predicted octanol–water partition coefficient (Wildman–Crippen LogP) is 2.60. The fourth-order valence-electron chi connectivity index (χ4n) is 0.958. The van der Waals surface area contributed by atoms with Crippen molar-refractivity contribution in [2.24, 2.45) is 0 Å². The first-order valence-electron chi connectivity index (χ1n) is 4.33. The summed E-state index contributed by atoms with van der Waals surface area (Å²) in [6.07, 6.45) is 1.68. The largest absolute Gasteiger partial charge is 0.492 e. The summed E-state index contributed by atoms with van der Waals surface area (Å²) in [5.41, 5.74) is 0. The minimum Gasteiger partial charge on any atom is -0.492 e. The van der Waals surface area contributed by atoms with Crippen molar-refractivity contribution in [1.82, 2.24) is 0 Å². The molecule has 0 aliphatic carbocycles. The molecule has 0 aliphatic heterocycles. The number of para-hydroxylation sites is 1. The van der Waals surface area contributed by atoms with Gasteiger partial charge < -0.3 is 9.84 Å². The van der Waals surface area contributed by atoms with E-state index in [4.69, 9.17) is 9.84 Å². The molecule has 72 valence electrons. The molecule has 0 bridgehead atoms. The average molecular weight is 245 g/mol. The van der Waals surface area contributed by atoms with Crippen LogP contribution in [0.5, 0.6) is 5.75 Å². The molecular formula is C10H13BrO2. The lowest BCUT2D eigenvalue weighted by atomic mass is 10.3. The highest BCUT2D eigenvalue weighted by molar-refractivity contribution is 9.10. The Balaban J connectivity index is 2.32. The van der Waals surface area contributed by atoms with Gasteiger partial charge in [-0.3, -0.25) is 0 Å². The Hall–Kier alpha value is -0.540. The number of benzene rings is 1. The number of rotatable bonds is 5. The number of aliphatic hydroxyl groups is 1. The molecule has 0 heterocycles. The van der Waals surface area contributed by atoms with Gasteiger partial charge in [-0.05, 0) is 40.9 Å². The van der Waals surface area contributed by atoms with Crippen molar-refractivity contribution in [3.8, 4) is 5.75 Å². The van der Waals surface area contributed by atoms with Gasteiger partial charge in [0.15, 0.2) is 0 Å². The number of hydrogen-bond donors (Lipinski definition) is 1. The molecule has 0 fully saturated rings. The van der Waals surface area contributed by atoms with Gasteiger partial charge in [0.2, 0.25) is 0 Å². The standard InChI is InChI=1S/C10H13BrO2/c11-9-5-1-2-6-10(9)13-8-4-3-7-12/h1-2,5-6,12H,3-4,7-8H2. The summed E-state index contributed by atoms with van der Waals surface area (Å²) in [6, 6.07) is 7.75. The lowest BCUT2D eigenvalue weighted by Gasteiger charge is -2.06. The molecule has 0 saturated carbocycles. The van der Waals surface area contributed by atoms with Crippen molar-refractivity contribution in [3.05, 3.63) is 28.7 Å². The third-order valence-corrected chi connectivity index (χ3v) is 2.30. The summed E-state index contributed by atoms with van der Waals surface area (Å²) in [4.78, 5) is 0. The topological polar surface area (TPSA) is 29.5 Å². The van der Waals surface area contributed by atoms with Crippen LogP contribution in [-0.4, -0.2) is 18.3 Å². The number of unbranched alkanes of at least 4 members (excludes halogenated alkanes) is 1. The molecule has 0 radical (unpaired) electrons. The van der Waals surface area contributed by atoms with E-state index in [0.717, 1.165) is 23.1 Å². The van der Waals surface area contributed by atoms with Gasteiger partial charge in [0, 0.05) is 6.61 Å². The summed E-state index contributed by atoms with van der Waals surface area (Å²) in [6.45, 7) is 0.891. The summed E-state index contributed by atoms with van der Waals surface area (Å²) >= 11 is 3.39. The van der Waals surface area contributed by atoms with Gasteiger partial charge in [0.05, 0.1) is 11.1 Å². The van der Waals surface area contributed by atoms with Gasteiger partial charge in [-0.2, -0.15) is 0 Å². The van der Waals surface area contributed by atoms with Crippen LogP contribution < -0.4 is 4.74 Å². The molecular weight excluding hydrogens is 232 g/mol. The van der Waals surface area contributed by atoms with Crippen LogP contribution >= 0.6 is 15.9 Å². The maximum Gasteiger partial charge on any atom is 0.133 e. The SMILES string of the molecule is OCCCCOc1ccccc1Br. The minimum atomic E-state index is 0.235. The second-order valence-electron chi connectivity index (χ2n) is 2.71. The third-order valence-electron chi connectivity index (χ3n) is 1.65. The Morgan fingerprint density at radius 3 is 2.69 bits per heavy atom. The zero-order valence-corrected chi connectivity index (χ0v) is 8.96. The van der Waals surface area contributed by atoms with Gasteiger partial charge in [-0.25, -0.2) is 0 Å². The van der Waals surface area contributed by atoms with Gasteiger partial charge >= 0.3 is 0 Å². The quantitative estimate of drug-likeness (QED) is 0.808. The molecule has 0 amide bonds. The summed E-state index contributed by atoms with van der Waals surface area (Å²) in [5, 5.41) is 8.55. The van der Waals surface area contributed by atoms with Crippen molar-refractivity contribution in [2.75, 3.05) is 13.2 Å². The number of aliphatic hydroxyl groups excluding tert-OH is 1. The number of hydrogen-bond acceptors (Lipinski definition) is 2. The van der Waals surface area contributed by atoms with Gasteiger partial charge in [-0.1, -0.05) is 12.1 Å². The fraction of sp³-hybridized carbons (Fsp3) is 0.400. The third kappa shape index (κ3) is 3.79. The molecule has 13 heavy (non-hydrogen) atoms. The van der Waals surface area contributed by atoms with Crippen LogP contribution in [0, 0.1) is 0 Å². The van der Waals surface area contributed by atoms with Gasteiger partial charge in [-0.15, -0.1) is 0 Å². The van der Waals surface area contributed by atoms with E-state index in [1.807, 2.05) is 24.3 Å². The molecule has 1 aromatic carbocycles. The van der Waals surface area contributed by atoms with Gasteiger partial charge in [0.25, 0.3) is 0 Å². The normalized spacial score (nSPS) is 10.0. The fourth-order valence-corrected chi connectivity index (χ4v) is 1.36. The number of halogens is 1. The van der Waals surface area contributed by atoms with Crippen LogP contribution in [0.3, 0.4) is 0 Å².